The lowest BCUT2D eigenvalue weighted by Gasteiger charge is -2.27. The second kappa shape index (κ2) is 11.4. The van der Waals surface area contributed by atoms with Crippen LogP contribution in [-0.2, 0) is 9.59 Å². The predicted molar refractivity (Wildman–Crippen MR) is 148 cm³/mol. The van der Waals surface area contributed by atoms with Crippen LogP contribution >= 0.6 is 0 Å². The molecule has 212 valence electrons. The Labute approximate surface area is 227 Å². The Morgan fingerprint density at radius 1 is 0.816 bits per heavy atom. The van der Waals surface area contributed by atoms with Crippen LogP contribution in [0, 0.1) is 17.8 Å². The monoisotopic (exact) mass is 528 g/mol. The Hall–Kier alpha value is -1.74. The molecule has 0 aromatic rings. The third-order valence-corrected chi connectivity index (χ3v) is 10.6. The maximum Gasteiger partial charge on any atom is 0.303 e. The van der Waals surface area contributed by atoms with Crippen molar-refractivity contribution in [1.29, 1.82) is 0 Å². The van der Waals surface area contributed by atoms with Gasteiger partial charge in [-0.15, -0.1) is 0 Å². The van der Waals surface area contributed by atoms with Crippen molar-refractivity contribution in [3.8, 4) is 0 Å². The van der Waals surface area contributed by atoms with E-state index in [4.69, 9.17) is 0 Å². The molecule has 0 aromatic carbocycles. The molecule has 3 saturated heterocycles. The van der Waals surface area contributed by atoms with Crippen molar-refractivity contribution in [2.75, 3.05) is 0 Å². The van der Waals surface area contributed by atoms with Crippen LogP contribution in [0.1, 0.15) is 85.5 Å². The Bertz CT molecular complexity index is 979. The van der Waals surface area contributed by atoms with Gasteiger partial charge in [-0.2, -0.15) is 0 Å². The van der Waals surface area contributed by atoms with Gasteiger partial charge in [0.15, 0.2) is 0 Å². The second-order valence-corrected chi connectivity index (χ2v) is 13.1. The summed E-state index contributed by atoms with van der Waals surface area (Å²) in [6.45, 7) is 9.13. The van der Waals surface area contributed by atoms with Gasteiger partial charge in [0.1, 0.15) is 0 Å². The van der Waals surface area contributed by atoms with E-state index in [9.17, 15) is 19.8 Å². The van der Waals surface area contributed by atoms with Gasteiger partial charge in [-0.3, -0.25) is 9.59 Å². The normalized spacial score (nSPS) is 42.9. The fraction of sp³-hybridized carbons (Fsp3) is 0.800. The number of carboxylic acid groups (broad SMARTS) is 2. The lowest BCUT2D eigenvalue weighted by Crippen LogP contribution is -2.45. The summed E-state index contributed by atoms with van der Waals surface area (Å²) in [6.07, 6.45) is 9.22. The van der Waals surface area contributed by atoms with Crippen molar-refractivity contribution in [2.45, 2.75) is 134 Å². The predicted octanol–water partition coefficient (Wildman–Crippen LogP) is 3.19. The molecule has 8 bridgehead atoms. The van der Waals surface area contributed by atoms with Gasteiger partial charge in [-0.05, 0) is 76.5 Å². The highest BCUT2D eigenvalue weighted by Crippen LogP contribution is 2.40. The van der Waals surface area contributed by atoms with Crippen molar-refractivity contribution in [2.24, 2.45) is 17.8 Å². The molecule has 6 N–H and O–H groups in total. The van der Waals surface area contributed by atoms with Gasteiger partial charge in [-0.25, -0.2) is 0 Å². The van der Waals surface area contributed by atoms with Crippen LogP contribution in [0.4, 0.5) is 0 Å². The van der Waals surface area contributed by atoms with Gasteiger partial charge in [0, 0.05) is 61.2 Å². The zero-order valence-electron chi connectivity index (χ0n) is 23.5. The quantitative estimate of drug-likeness (QED) is 0.291. The van der Waals surface area contributed by atoms with Gasteiger partial charge in [-0.1, -0.05) is 36.6 Å². The third-order valence-electron chi connectivity index (χ3n) is 10.6. The van der Waals surface area contributed by atoms with E-state index in [2.05, 4.69) is 55.0 Å². The molecule has 3 fully saturated rings. The molecule has 0 radical (unpaired) electrons. The Kier molecular flexibility index (Phi) is 8.34. The first-order valence-electron chi connectivity index (χ1n) is 14.9. The van der Waals surface area contributed by atoms with E-state index in [-0.39, 0.29) is 36.9 Å². The minimum Gasteiger partial charge on any atom is -0.481 e. The number of aliphatic carboxylic acids is 2. The highest BCUT2D eigenvalue weighted by atomic mass is 16.4. The summed E-state index contributed by atoms with van der Waals surface area (Å²) in [5.41, 5.74) is 4.01. The molecule has 5 heterocycles. The molecule has 0 spiro atoms. The summed E-state index contributed by atoms with van der Waals surface area (Å²) in [4.78, 5) is 23.0. The van der Waals surface area contributed by atoms with Crippen LogP contribution in [0.3, 0.4) is 0 Å². The molecular formula is C30H48N4O4. The summed E-state index contributed by atoms with van der Waals surface area (Å²) in [5, 5.41) is 34.7. The molecule has 38 heavy (non-hydrogen) atoms. The number of hydrogen-bond donors (Lipinski definition) is 6. The summed E-state index contributed by atoms with van der Waals surface area (Å²) in [6, 6.07) is 2.60. The second-order valence-electron chi connectivity index (χ2n) is 13.1. The van der Waals surface area contributed by atoms with Crippen LogP contribution in [0.25, 0.3) is 0 Å². The SMILES string of the molecule is CC1=CC2CC3NC(CC4NC(CC5NC(CC1N2)C(C)C5CCC(=O)O)C(CCC(=O)O)=C4C)CC3C. The van der Waals surface area contributed by atoms with Crippen LogP contribution in [-0.4, -0.2) is 70.5 Å². The zero-order chi connectivity index (χ0) is 27.1. The van der Waals surface area contributed by atoms with Crippen LogP contribution in [0.15, 0.2) is 22.8 Å². The van der Waals surface area contributed by atoms with Crippen LogP contribution < -0.4 is 21.3 Å². The molecule has 5 rings (SSSR count). The van der Waals surface area contributed by atoms with Crippen molar-refractivity contribution < 1.29 is 19.8 Å². The summed E-state index contributed by atoms with van der Waals surface area (Å²) in [5.74, 6) is -0.186. The van der Waals surface area contributed by atoms with Crippen molar-refractivity contribution >= 4 is 11.9 Å². The average Bonchev–Trinajstić information content (AvgIpc) is 3.53. The molecule has 11 atom stereocenters. The first-order valence-corrected chi connectivity index (χ1v) is 14.9. The molecule has 0 aliphatic carbocycles. The minimum atomic E-state index is -0.752. The lowest BCUT2D eigenvalue weighted by atomic mass is 9.80. The molecule has 0 saturated carbocycles. The fourth-order valence-electron chi connectivity index (χ4n) is 8.47. The van der Waals surface area contributed by atoms with Crippen LogP contribution in [0.2, 0.25) is 0 Å². The number of fused-ring (bicyclic) bond motifs is 8. The number of carboxylic acids is 2. The Morgan fingerprint density at radius 2 is 1.55 bits per heavy atom. The summed E-state index contributed by atoms with van der Waals surface area (Å²) >= 11 is 0. The topological polar surface area (TPSA) is 123 Å². The van der Waals surface area contributed by atoms with Crippen molar-refractivity contribution in [1.82, 2.24) is 21.3 Å². The van der Waals surface area contributed by atoms with Gasteiger partial charge in [0.05, 0.1) is 0 Å². The van der Waals surface area contributed by atoms with E-state index in [1.807, 2.05) is 0 Å². The highest BCUT2D eigenvalue weighted by molar-refractivity contribution is 5.67. The van der Waals surface area contributed by atoms with E-state index in [0.717, 1.165) is 25.7 Å². The van der Waals surface area contributed by atoms with Crippen molar-refractivity contribution in [3.05, 3.63) is 22.8 Å². The molecule has 0 aromatic heterocycles. The maximum absolute atomic E-state index is 11.5. The van der Waals surface area contributed by atoms with E-state index < -0.39 is 11.9 Å². The largest absolute Gasteiger partial charge is 0.481 e. The fourth-order valence-corrected chi connectivity index (χ4v) is 8.47. The number of carbonyl (C=O) groups is 2. The van der Waals surface area contributed by atoms with Gasteiger partial charge < -0.3 is 31.5 Å². The minimum absolute atomic E-state index is 0.133. The van der Waals surface area contributed by atoms with Gasteiger partial charge >= 0.3 is 11.9 Å². The molecule has 0 amide bonds. The molecule has 5 aliphatic rings. The first-order chi connectivity index (χ1) is 18.1. The third kappa shape index (κ3) is 5.88. The van der Waals surface area contributed by atoms with E-state index >= 15 is 0 Å². The highest BCUT2D eigenvalue weighted by Gasteiger charge is 2.45. The van der Waals surface area contributed by atoms with E-state index in [1.54, 1.807) is 0 Å². The van der Waals surface area contributed by atoms with E-state index in [0.29, 0.717) is 54.9 Å². The van der Waals surface area contributed by atoms with E-state index in [1.165, 1.54) is 23.1 Å². The van der Waals surface area contributed by atoms with Crippen LogP contribution in [0.5, 0.6) is 0 Å². The summed E-state index contributed by atoms with van der Waals surface area (Å²) < 4.78 is 0. The molecule has 8 heteroatoms. The molecule has 11 unspecified atom stereocenters. The number of hydrogen-bond acceptors (Lipinski definition) is 6. The average molecular weight is 529 g/mol. The molecule has 5 aliphatic heterocycles. The number of nitrogens with one attached hydrogen (secondary N) is 4. The van der Waals surface area contributed by atoms with Gasteiger partial charge in [0.2, 0.25) is 0 Å². The Balaban J connectivity index is 1.43. The molecular weight excluding hydrogens is 480 g/mol. The standard InChI is InChI=1S/C30H48N4O4/c1-15-9-20-12-25-17(3)21(5-7-29(35)36)27(33-25)14-28-22(6-8-30(37)38)18(4)26(34-28)13-24-16(2)10-19(32-24)11-23(15)31-20/h10,15,18-20,22-28,31-34H,5-9,11-14H2,1-4H3,(H,35,36)(H,37,38). The summed E-state index contributed by atoms with van der Waals surface area (Å²) in [7, 11) is 0. The lowest BCUT2D eigenvalue weighted by molar-refractivity contribution is -0.138. The van der Waals surface area contributed by atoms with Crippen molar-refractivity contribution in [3.63, 3.8) is 0 Å². The first kappa shape index (κ1) is 27.8. The smallest absolute Gasteiger partial charge is 0.303 e. The maximum atomic E-state index is 11.5. The zero-order valence-corrected chi connectivity index (χ0v) is 23.5. The number of rotatable bonds is 6. The molecule has 8 nitrogen and oxygen atoms in total. The van der Waals surface area contributed by atoms with Gasteiger partial charge in [0.25, 0.3) is 0 Å². The Morgan fingerprint density at radius 3 is 2.29 bits per heavy atom.